The Morgan fingerprint density at radius 1 is 0.400 bits per heavy atom. The Balaban J connectivity index is 1.77. The fourth-order valence-electron chi connectivity index (χ4n) is 5.09. The molecule has 0 atom stereocenters. The van der Waals surface area contributed by atoms with E-state index in [9.17, 15) is 0 Å². The summed E-state index contributed by atoms with van der Waals surface area (Å²) >= 11 is 0. The average molecular weight is 385 g/mol. The lowest BCUT2D eigenvalue weighted by Crippen LogP contribution is -2.11. The van der Waals surface area contributed by atoms with Gasteiger partial charge in [-0.15, -0.1) is 0 Å². The molecule has 4 aromatic rings. The largest absolute Gasteiger partial charge is 0.0616 e. The van der Waals surface area contributed by atoms with Crippen molar-refractivity contribution in [2.24, 2.45) is 0 Å². The summed E-state index contributed by atoms with van der Waals surface area (Å²) < 4.78 is 0. The number of hydrogen-bond acceptors (Lipinski definition) is 0. The minimum Gasteiger partial charge on any atom is -0.0616 e. The molecule has 2 aliphatic carbocycles. The van der Waals surface area contributed by atoms with Gasteiger partial charge in [-0.2, -0.15) is 0 Å². The number of fused-ring (bicyclic) bond motifs is 6. The van der Waals surface area contributed by atoms with Gasteiger partial charge in [0.2, 0.25) is 0 Å². The second kappa shape index (κ2) is 6.06. The maximum absolute atomic E-state index is 2.43. The van der Waals surface area contributed by atoms with Crippen LogP contribution in [0.2, 0.25) is 0 Å². The Kier molecular flexibility index (Phi) is 3.53. The summed E-state index contributed by atoms with van der Waals surface area (Å²) in [6, 6.07) is 33.7. The minimum absolute atomic E-state index is 0.116. The number of rotatable bonds is 0. The fourth-order valence-corrected chi connectivity index (χ4v) is 5.09. The van der Waals surface area contributed by atoms with Crippen molar-refractivity contribution in [3.05, 3.63) is 119 Å². The highest BCUT2D eigenvalue weighted by Crippen LogP contribution is 2.54. The molecule has 2 aliphatic rings. The van der Waals surface area contributed by atoms with Crippen molar-refractivity contribution in [2.45, 2.75) is 26.2 Å². The molecule has 30 heavy (non-hydrogen) atoms. The molecule has 0 aliphatic heterocycles. The van der Waals surface area contributed by atoms with Gasteiger partial charge in [0.1, 0.15) is 0 Å². The van der Waals surface area contributed by atoms with Crippen LogP contribution in [-0.2, 0) is 5.41 Å². The smallest absolute Gasteiger partial charge is 0.00138 e. The van der Waals surface area contributed by atoms with Crippen LogP contribution in [0.4, 0.5) is 0 Å². The highest BCUT2D eigenvalue weighted by atomic mass is 14.3. The van der Waals surface area contributed by atoms with Gasteiger partial charge in [-0.05, 0) is 72.7 Å². The molecule has 6 rings (SSSR count). The lowest BCUT2D eigenvalue weighted by molar-refractivity contribution is 0.590. The van der Waals surface area contributed by atoms with E-state index in [0.717, 1.165) is 0 Å². The molecule has 0 bridgehead atoms. The second-order valence-corrected chi connectivity index (χ2v) is 9.40. The van der Waals surface area contributed by atoms with E-state index in [1.54, 1.807) is 0 Å². The van der Waals surface area contributed by atoms with Crippen molar-refractivity contribution in [3.8, 4) is 22.3 Å². The van der Waals surface area contributed by atoms with E-state index in [2.05, 4.69) is 112 Å². The lowest BCUT2D eigenvalue weighted by atomic mass is 9.84. The third-order valence-electron chi connectivity index (χ3n) is 6.57. The van der Waals surface area contributed by atoms with Gasteiger partial charge >= 0.3 is 0 Å². The Morgan fingerprint density at radius 2 is 0.767 bits per heavy atom. The fraction of sp³-hybridized carbons (Fsp3) is 0.133. The molecule has 0 amide bonds. The monoisotopic (exact) mass is 384 g/mol. The van der Waals surface area contributed by atoms with Crippen LogP contribution >= 0.6 is 0 Å². The molecule has 0 N–H and O–H groups in total. The molecule has 0 fully saturated rings. The summed E-state index contributed by atoms with van der Waals surface area (Å²) in [4.78, 5) is 0. The molecule has 0 aromatic heterocycles. The summed E-state index contributed by atoms with van der Waals surface area (Å²) in [5.74, 6) is 0. The third-order valence-corrected chi connectivity index (χ3v) is 6.57. The summed E-state index contributed by atoms with van der Waals surface area (Å²) in [7, 11) is 0. The second-order valence-electron chi connectivity index (χ2n) is 9.40. The highest BCUT2D eigenvalue weighted by Gasteiger charge is 2.32. The van der Waals surface area contributed by atoms with Crippen molar-refractivity contribution in [2.75, 3.05) is 0 Å². The van der Waals surface area contributed by atoms with Gasteiger partial charge in [-0.3, -0.25) is 0 Å². The van der Waals surface area contributed by atoms with E-state index in [1.165, 1.54) is 61.2 Å². The summed E-state index contributed by atoms with van der Waals surface area (Å²) in [6.07, 6.45) is 0. The maximum atomic E-state index is 2.43. The summed E-state index contributed by atoms with van der Waals surface area (Å²) in [5.41, 5.74) is 15.0. The van der Waals surface area contributed by atoms with Crippen LogP contribution in [0.3, 0.4) is 0 Å². The van der Waals surface area contributed by atoms with E-state index in [4.69, 9.17) is 0 Å². The molecule has 0 nitrogen and oxygen atoms in total. The summed E-state index contributed by atoms with van der Waals surface area (Å²) in [6.45, 7) is 6.89. The van der Waals surface area contributed by atoms with Crippen molar-refractivity contribution in [3.63, 3.8) is 0 Å². The molecule has 0 heteroatoms. The van der Waals surface area contributed by atoms with E-state index in [-0.39, 0.29) is 5.41 Å². The first-order valence-corrected chi connectivity index (χ1v) is 10.7. The third kappa shape index (κ3) is 2.34. The topological polar surface area (TPSA) is 0 Å². The molecule has 0 radical (unpaired) electrons. The Hall–Kier alpha value is -3.38. The van der Waals surface area contributed by atoms with Gasteiger partial charge in [-0.25, -0.2) is 0 Å². The van der Waals surface area contributed by atoms with Gasteiger partial charge < -0.3 is 0 Å². The first-order chi connectivity index (χ1) is 14.5. The van der Waals surface area contributed by atoms with E-state index >= 15 is 0 Å². The van der Waals surface area contributed by atoms with Crippen LogP contribution in [0.5, 0.6) is 0 Å². The molecule has 4 aromatic carbocycles. The van der Waals surface area contributed by atoms with Crippen LogP contribution in [-0.4, -0.2) is 0 Å². The first kappa shape index (κ1) is 17.5. The van der Waals surface area contributed by atoms with Gasteiger partial charge in [0, 0.05) is 0 Å². The van der Waals surface area contributed by atoms with Crippen LogP contribution in [0, 0.1) is 0 Å². The molecule has 0 unspecified atom stereocenters. The molecule has 0 heterocycles. The number of benzene rings is 4. The van der Waals surface area contributed by atoms with Crippen molar-refractivity contribution < 1.29 is 0 Å². The zero-order chi connectivity index (χ0) is 20.5. The lowest BCUT2D eigenvalue weighted by Gasteiger charge is -2.21. The predicted molar refractivity (Wildman–Crippen MR) is 127 cm³/mol. The Bertz CT molecular complexity index is 1310. The highest BCUT2D eigenvalue weighted by molar-refractivity contribution is 6.18. The van der Waals surface area contributed by atoms with Gasteiger partial charge in [0.15, 0.2) is 0 Å². The van der Waals surface area contributed by atoms with Crippen LogP contribution in [0.25, 0.3) is 33.4 Å². The average Bonchev–Trinajstić information content (AvgIpc) is 3.25. The minimum atomic E-state index is 0.116. The van der Waals surface area contributed by atoms with Gasteiger partial charge in [0.25, 0.3) is 0 Å². The Labute approximate surface area is 178 Å². The molecular weight excluding hydrogens is 360 g/mol. The van der Waals surface area contributed by atoms with E-state index in [1.807, 2.05) is 0 Å². The SMILES string of the molecule is CC(C)(C)c1ccc2c(c1)C(=C1c3ccccc3-c3ccccc31)c1ccccc1-2. The van der Waals surface area contributed by atoms with Crippen LogP contribution in [0.1, 0.15) is 48.6 Å². The molecule has 144 valence electrons. The predicted octanol–water partition coefficient (Wildman–Crippen LogP) is 7.95. The zero-order valence-corrected chi connectivity index (χ0v) is 17.7. The standard InChI is InChI=1S/C30H24/c1-30(2,3)19-16-17-23-22-12-6-9-15-26(22)29(27(23)18-19)28-24-13-7-4-10-20(24)21-11-5-8-14-25(21)28/h4-18H,1-3H3. The van der Waals surface area contributed by atoms with Gasteiger partial charge in [-0.1, -0.05) is 106 Å². The zero-order valence-electron chi connectivity index (χ0n) is 17.7. The molecule has 0 saturated carbocycles. The van der Waals surface area contributed by atoms with E-state index in [0.29, 0.717) is 0 Å². The normalized spacial score (nSPS) is 13.7. The molecule has 0 saturated heterocycles. The van der Waals surface area contributed by atoms with Crippen molar-refractivity contribution >= 4 is 11.1 Å². The van der Waals surface area contributed by atoms with Crippen LogP contribution in [0.15, 0.2) is 91.0 Å². The number of hydrogen-bond donors (Lipinski definition) is 0. The van der Waals surface area contributed by atoms with Crippen molar-refractivity contribution in [1.82, 2.24) is 0 Å². The molecular formula is C30H24. The van der Waals surface area contributed by atoms with E-state index < -0.39 is 0 Å². The Morgan fingerprint density at radius 3 is 1.20 bits per heavy atom. The van der Waals surface area contributed by atoms with Crippen LogP contribution < -0.4 is 0 Å². The first-order valence-electron chi connectivity index (χ1n) is 10.7. The maximum Gasteiger partial charge on any atom is -0.00138 e. The molecule has 0 spiro atoms. The van der Waals surface area contributed by atoms with Gasteiger partial charge in [0.05, 0.1) is 0 Å². The van der Waals surface area contributed by atoms with Crippen molar-refractivity contribution in [1.29, 1.82) is 0 Å². The summed E-state index contributed by atoms with van der Waals surface area (Å²) in [5, 5.41) is 0. The quantitative estimate of drug-likeness (QED) is 0.249.